The van der Waals surface area contributed by atoms with E-state index in [9.17, 15) is 0 Å². The highest BCUT2D eigenvalue weighted by Gasteiger charge is 2.42. The number of ether oxygens (including phenoxy) is 1. The van der Waals surface area contributed by atoms with Crippen molar-refractivity contribution >= 4 is 5.69 Å². The summed E-state index contributed by atoms with van der Waals surface area (Å²) >= 11 is 0. The quantitative estimate of drug-likeness (QED) is 0.794. The molecule has 2 fully saturated rings. The molecule has 1 aromatic rings. The van der Waals surface area contributed by atoms with Crippen LogP contribution in [0.1, 0.15) is 12.8 Å². The molecular formula is C14H21N3O. The minimum atomic E-state index is 0.512. The van der Waals surface area contributed by atoms with Gasteiger partial charge in [0.15, 0.2) is 0 Å². The highest BCUT2D eigenvalue weighted by Crippen LogP contribution is 2.40. The van der Waals surface area contributed by atoms with Gasteiger partial charge in [-0.25, -0.2) is 0 Å². The molecule has 98 valence electrons. The van der Waals surface area contributed by atoms with Crippen LogP contribution in [0.3, 0.4) is 0 Å². The van der Waals surface area contributed by atoms with Crippen molar-refractivity contribution < 1.29 is 4.74 Å². The summed E-state index contributed by atoms with van der Waals surface area (Å²) in [7, 11) is 3.92. The van der Waals surface area contributed by atoms with Gasteiger partial charge >= 0.3 is 0 Å². The minimum Gasteiger partial charge on any atom is -0.495 e. The largest absolute Gasteiger partial charge is 0.495 e. The Bertz CT molecular complexity index is 437. The van der Waals surface area contributed by atoms with E-state index in [1.807, 2.05) is 6.20 Å². The van der Waals surface area contributed by atoms with E-state index in [1.54, 1.807) is 13.3 Å². The van der Waals surface area contributed by atoms with E-state index in [0.29, 0.717) is 5.41 Å². The molecule has 0 amide bonds. The van der Waals surface area contributed by atoms with Crippen molar-refractivity contribution in [2.45, 2.75) is 12.8 Å². The van der Waals surface area contributed by atoms with E-state index >= 15 is 0 Å². The number of methoxy groups -OCH3 is 1. The lowest BCUT2D eigenvalue weighted by molar-refractivity contribution is 0.312. The third-order valence-corrected chi connectivity index (χ3v) is 4.37. The SMILES string of the molecule is COc1cncc(N2CCC3(CCN(C)C3)C2)c1. The van der Waals surface area contributed by atoms with Crippen LogP contribution in [-0.4, -0.2) is 50.2 Å². The number of aromatic nitrogens is 1. The first-order valence-corrected chi connectivity index (χ1v) is 6.63. The van der Waals surface area contributed by atoms with E-state index in [0.717, 1.165) is 18.8 Å². The Kier molecular flexibility index (Phi) is 2.90. The molecule has 0 N–H and O–H groups in total. The van der Waals surface area contributed by atoms with Crippen molar-refractivity contribution in [3.05, 3.63) is 18.5 Å². The van der Waals surface area contributed by atoms with Gasteiger partial charge in [-0.05, 0) is 26.4 Å². The predicted molar refractivity (Wildman–Crippen MR) is 72.2 cm³/mol. The average Bonchev–Trinajstić information content (AvgIpc) is 2.97. The standard InChI is InChI=1S/C14H21N3O/c1-16-5-3-14(10-16)4-6-17(11-14)12-7-13(18-2)9-15-8-12/h7-9H,3-6,10-11H2,1-2H3. The summed E-state index contributed by atoms with van der Waals surface area (Å²) < 4.78 is 5.25. The molecule has 1 atom stereocenters. The topological polar surface area (TPSA) is 28.6 Å². The van der Waals surface area contributed by atoms with Crippen molar-refractivity contribution in [1.82, 2.24) is 9.88 Å². The normalized spacial score (nSPS) is 28.2. The Morgan fingerprint density at radius 3 is 2.78 bits per heavy atom. The summed E-state index contributed by atoms with van der Waals surface area (Å²) in [6.45, 7) is 4.78. The van der Waals surface area contributed by atoms with Crippen molar-refractivity contribution in [3.63, 3.8) is 0 Å². The van der Waals surface area contributed by atoms with Gasteiger partial charge < -0.3 is 14.5 Å². The molecule has 3 rings (SSSR count). The third-order valence-electron chi connectivity index (χ3n) is 4.37. The van der Waals surface area contributed by atoms with Crippen molar-refractivity contribution in [2.24, 2.45) is 5.41 Å². The molecule has 0 aromatic carbocycles. The van der Waals surface area contributed by atoms with Gasteiger partial charge in [-0.3, -0.25) is 4.98 Å². The molecule has 0 radical (unpaired) electrons. The second-order valence-electron chi connectivity index (χ2n) is 5.74. The lowest BCUT2D eigenvalue weighted by atomic mass is 9.86. The first-order valence-electron chi connectivity index (χ1n) is 6.63. The Hall–Kier alpha value is -1.29. The fraction of sp³-hybridized carbons (Fsp3) is 0.643. The summed E-state index contributed by atoms with van der Waals surface area (Å²) in [6.07, 6.45) is 6.34. The van der Waals surface area contributed by atoms with E-state index in [4.69, 9.17) is 4.74 Å². The number of nitrogens with zero attached hydrogens (tertiary/aromatic N) is 3. The van der Waals surface area contributed by atoms with E-state index in [2.05, 4.69) is 27.9 Å². The van der Waals surface area contributed by atoms with Gasteiger partial charge in [0.05, 0.1) is 25.2 Å². The highest BCUT2D eigenvalue weighted by atomic mass is 16.5. The zero-order chi connectivity index (χ0) is 12.6. The number of likely N-dealkylation sites (tertiary alicyclic amines) is 1. The Morgan fingerprint density at radius 1 is 1.22 bits per heavy atom. The van der Waals surface area contributed by atoms with E-state index in [-0.39, 0.29) is 0 Å². The molecule has 4 nitrogen and oxygen atoms in total. The number of pyridine rings is 1. The smallest absolute Gasteiger partial charge is 0.139 e. The zero-order valence-electron chi connectivity index (χ0n) is 11.2. The Morgan fingerprint density at radius 2 is 2.06 bits per heavy atom. The van der Waals surface area contributed by atoms with Gasteiger partial charge in [0.2, 0.25) is 0 Å². The van der Waals surface area contributed by atoms with Crippen LogP contribution in [0.15, 0.2) is 18.5 Å². The molecule has 1 spiro atoms. The average molecular weight is 247 g/mol. The first kappa shape index (κ1) is 11.8. The molecular weight excluding hydrogens is 226 g/mol. The van der Waals surface area contributed by atoms with E-state index < -0.39 is 0 Å². The molecule has 18 heavy (non-hydrogen) atoms. The van der Waals surface area contributed by atoms with Crippen LogP contribution in [0.5, 0.6) is 5.75 Å². The number of hydrogen-bond acceptors (Lipinski definition) is 4. The molecule has 3 heterocycles. The molecule has 2 saturated heterocycles. The molecule has 0 saturated carbocycles. The predicted octanol–water partition coefficient (Wildman–Crippen LogP) is 1.62. The minimum absolute atomic E-state index is 0.512. The summed E-state index contributed by atoms with van der Waals surface area (Å²) in [5.74, 6) is 0.844. The van der Waals surface area contributed by atoms with E-state index in [1.165, 1.54) is 31.6 Å². The monoisotopic (exact) mass is 247 g/mol. The Balaban J connectivity index is 1.75. The van der Waals surface area contributed by atoms with Crippen molar-refractivity contribution in [1.29, 1.82) is 0 Å². The maximum absolute atomic E-state index is 5.25. The number of hydrogen-bond donors (Lipinski definition) is 0. The lowest BCUT2D eigenvalue weighted by Crippen LogP contribution is -2.29. The fourth-order valence-electron chi connectivity index (χ4n) is 3.34. The second-order valence-corrected chi connectivity index (χ2v) is 5.74. The van der Waals surface area contributed by atoms with Gasteiger partial charge in [-0.1, -0.05) is 0 Å². The lowest BCUT2D eigenvalue weighted by Gasteiger charge is -2.24. The van der Waals surface area contributed by atoms with Crippen LogP contribution >= 0.6 is 0 Å². The van der Waals surface area contributed by atoms with Crippen LogP contribution < -0.4 is 9.64 Å². The summed E-state index contributed by atoms with van der Waals surface area (Å²) in [6, 6.07) is 2.09. The summed E-state index contributed by atoms with van der Waals surface area (Å²) in [5.41, 5.74) is 1.71. The first-order chi connectivity index (χ1) is 8.71. The second kappa shape index (κ2) is 4.43. The van der Waals surface area contributed by atoms with Gasteiger partial charge in [0, 0.05) is 31.1 Å². The molecule has 2 aliphatic rings. The summed E-state index contributed by atoms with van der Waals surface area (Å²) in [5, 5.41) is 0. The molecule has 4 heteroatoms. The van der Waals surface area contributed by atoms with Crippen LogP contribution in [0.25, 0.3) is 0 Å². The van der Waals surface area contributed by atoms with Crippen molar-refractivity contribution in [2.75, 3.05) is 45.2 Å². The number of rotatable bonds is 2. The maximum atomic E-state index is 5.25. The third kappa shape index (κ3) is 2.05. The van der Waals surface area contributed by atoms with Crippen LogP contribution in [0, 0.1) is 5.41 Å². The van der Waals surface area contributed by atoms with Gasteiger partial charge in [0.1, 0.15) is 5.75 Å². The van der Waals surface area contributed by atoms with Crippen molar-refractivity contribution in [3.8, 4) is 5.75 Å². The van der Waals surface area contributed by atoms with Crippen LogP contribution in [0.2, 0.25) is 0 Å². The van der Waals surface area contributed by atoms with Gasteiger partial charge in [-0.15, -0.1) is 0 Å². The van der Waals surface area contributed by atoms with Crippen LogP contribution in [0.4, 0.5) is 5.69 Å². The van der Waals surface area contributed by atoms with Crippen LogP contribution in [-0.2, 0) is 0 Å². The Labute approximate surface area is 109 Å². The summed E-state index contributed by atoms with van der Waals surface area (Å²) in [4.78, 5) is 9.16. The molecule has 0 aliphatic carbocycles. The van der Waals surface area contributed by atoms with Gasteiger partial charge in [0.25, 0.3) is 0 Å². The maximum Gasteiger partial charge on any atom is 0.139 e. The molecule has 1 unspecified atom stereocenters. The fourth-order valence-corrected chi connectivity index (χ4v) is 3.34. The highest BCUT2D eigenvalue weighted by molar-refractivity contribution is 5.49. The molecule has 1 aromatic heterocycles. The zero-order valence-corrected chi connectivity index (χ0v) is 11.2. The number of anilines is 1. The molecule has 0 bridgehead atoms. The molecule has 2 aliphatic heterocycles. The van der Waals surface area contributed by atoms with Gasteiger partial charge in [-0.2, -0.15) is 0 Å².